The van der Waals surface area contributed by atoms with Crippen molar-refractivity contribution in [3.8, 4) is 0 Å². The first-order valence-electron chi connectivity index (χ1n) is 7.45. The minimum atomic E-state index is -0.0187. The van der Waals surface area contributed by atoms with E-state index in [1.54, 1.807) is 6.20 Å². The molecule has 126 valence electrons. The topological polar surface area (TPSA) is 57.3 Å². The second-order valence-corrected chi connectivity index (χ2v) is 5.14. The number of pyridine rings is 1. The van der Waals surface area contributed by atoms with Gasteiger partial charge in [-0.25, -0.2) is 4.98 Å². The van der Waals surface area contributed by atoms with Gasteiger partial charge in [-0.1, -0.05) is 0 Å². The minimum Gasteiger partial charge on any atom is -0.356 e. The summed E-state index contributed by atoms with van der Waals surface area (Å²) < 4.78 is 0. The Kier molecular flexibility index (Phi) is 11.0. The maximum atomic E-state index is 12.3. The molecule has 2 N–H and O–H groups in total. The third-order valence-corrected chi connectivity index (χ3v) is 3.58. The predicted molar refractivity (Wildman–Crippen MR) is 95.7 cm³/mol. The summed E-state index contributed by atoms with van der Waals surface area (Å²) in [6.07, 6.45) is 6.33. The summed E-state index contributed by atoms with van der Waals surface area (Å²) in [7, 11) is 1.91. The highest BCUT2D eigenvalue weighted by Gasteiger charge is 2.19. The Hall–Kier alpha value is -1.04. The van der Waals surface area contributed by atoms with Crippen LogP contribution in [-0.4, -0.2) is 44.1 Å². The monoisotopic (exact) mass is 348 g/mol. The van der Waals surface area contributed by atoms with E-state index in [2.05, 4.69) is 20.5 Å². The zero-order chi connectivity index (χ0) is 14.2. The second kappa shape index (κ2) is 11.5. The third-order valence-electron chi connectivity index (χ3n) is 3.58. The Morgan fingerprint density at radius 3 is 2.64 bits per heavy atom. The minimum absolute atomic E-state index is 0. The molecule has 2 rings (SSSR count). The first kappa shape index (κ1) is 21.0. The van der Waals surface area contributed by atoms with E-state index in [-0.39, 0.29) is 30.7 Å². The number of rotatable bonds is 6. The zero-order valence-electron chi connectivity index (χ0n) is 13.0. The van der Waals surface area contributed by atoms with Crippen molar-refractivity contribution in [3.63, 3.8) is 0 Å². The number of carbonyl (C=O) groups excluding carboxylic acids is 1. The Morgan fingerprint density at radius 2 is 1.95 bits per heavy atom. The van der Waals surface area contributed by atoms with Crippen molar-refractivity contribution < 1.29 is 4.79 Å². The summed E-state index contributed by atoms with van der Waals surface area (Å²) in [5.41, 5.74) is 0.693. The standard InChI is InChI=1S/C15H24N4O.2ClH/c1-16-8-6-10-18-15(20)13-7-5-9-17-14(13)19-11-3-2-4-12-19;;/h5,7,9,16H,2-4,6,8,10-12H2,1H3,(H,18,20);2*1H. The van der Waals surface area contributed by atoms with Gasteiger partial charge < -0.3 is 15.5 Å². The highest BCUT2D eigenvalue weighted by Crippen LogP contribution is 2.21. The van der Waals surface area contributed by atoms with Crippen molar-refractivity contribution in [2.45, 2.75) is 25.7 Å². The molecule has 1 aliphatic rings. The van der Waals surface area contributed by atoms with E-state index in [1.807, 2.05) is 19.2 Å². The zero-order valence-corrected chi connectivity index (χ0v) is 14.6. The molecular weight excluding hydrogens is 323 g/mol. The lowest BCUT2D eigenvalue weighted by atomic mass is 10.1. The summed E-state index contributed by atoms with van der Waals surface area (Å²) in [6, 6.07) is 3.69. The van der Waals surface area contributed by atoms with Gasteiger partial charge in [-0.3, -0.25) is 4.79 Å². The van der Waals surface area contributed by atoms with Gasteiger partial charge in [0.2, 0.25) is 0 Å². The molecule has 1 fully saturated rings. The fourth-order valence-corrected chi connectivity index (χ4v) is 2.49. The molecule has 0 spiro atoms. The molecule has 1 aliphatic heterocycles. The van der Waals surface area contributed by atoms with Crippen LogP contribution in [0.1, 0.15) is 36.0 Å². The molecule has 0 aliphatic carbocycles. The van der Waals surface area contributed by atoms with Crippen LogP contribution in [0.3, 0.4) is 0 Å². The highest BCUT2D eigenvalue weighted by atomic mass is 35.5. The lowest BCUT2D eigenvalue weighted by Gasteiger charge is -2.29. The van der Waals surface area contributed by atoms with Gasteiger partial charge in [0.1, 0.15) is 5.82 Å². The van der Waals surface area contributed by atoms with Crippen LogP contribution in [0.2, 0.25) is 0 Å². The van der Waals surface area contributed by atoms with Crippen molar-refractivity contribution in [1.29, 1.82) is 0 Å². The number of aromatic nitrogens is 1. The summed E-state index contributed by atoms with van der Waals surface area (Å²) in [4.78, 5) is 18.9. The first-order valence-corrected chi connectivity index (χ1v) is 7.45. The first-order chi connectivity index (χ1) is 9.83. The molecule has 1 aromatic rings. The fourth-order valence-electron chi connectivity index (χ4n) is 2.49. The largest absolute Gasteiger partial charge is 0.356 e. The van der Waals surface area contributed by atoms with E-state index < -0.39 is 0 Å². The molecule has 1 aromatic heterocycles. The lowest BCUT2D eigenvalue weighted by molar-refractivity contribution is 0.0953. The third kappa shape index (κ3) is 5.99. The molecule has 0 radical (unpaired) electrons. The Morgan fingerprint density at radius 1 is 1.23 bits per heavy atom. The van der Waals surface area contributed by atoms with Crippen LogP contribution in [0.25, 0.3) is 0 Å². The van der Waals surface area contributed by atoms with E-state index in [9.17, 15) is 4.79 Å². The molecule has 1 amide bonds. The molecule has 0 saturated carbocycles. The highest BCUT2D eigenvalue weighted by molar-refractivity contribution is 5.98. The van der Waals surface area contributed by atoms with Crippen LogP contribution in [-0.2, 0) is 0 Å². The van der Waals surface area contributed by atoms with Gasteiger partial charge in [0, 0.05) is 25.8 Å². The second-order valence-electron chi connectivity index (χ2n) is 5.14. The van der Waals surface area contributed by atoms with Crippen LogP contribution in [0.15, 0.2) is 18.3 Å². The van der Waals surface area contributed by atoms with Crippen LogP contribution in [0, 0.1) is 0 Å². The number of carbonyl (C=O) groups is 1. The van der Waals surface area contributed by atoms with E-state index in [1.165, 1.54) is 19.3 Å². The van der Waals surface area contributed by atoms with E-state index in [4.69, 9.17) is 0 Å². The maximum absolute atomic E-state index is 12.3. The maximum Gasteiger partial charge on any atom is 0.255 e. The molecular formula is C15H26Cl2N4O. The van der Waals surface area contributed by atoms with Gasteiger partial charge in [0.15, 0.2) is 0 Å². The summed E-state index contributed by atoms with van der Waals surface area (Å²) in [5.74, 6) is 0.813. The van der Waals surface area contributed by atoms with Crippen molar-refractivity contribution in [2.24, 2.45) is 0 Å². The number of nitrogens with zero attached hydrogens (tertiary/aromatic N) is 2. The number of piperidine rings is 1. The number of halogens is 2. The fraction of sp³-hybridized carbons (Fsp3) is 0.600. The Bertz CT molecular complexity index is 439. The van der Waals surface area contributed by atoms with Gasteiger partial charge in [-0.05, 0) is 51.4 Å². The molecule has 7 heteroatoms. The number of amides is 1. The average molecular weight is 349 g/mol. The number of anilines is 1. The van der Waals surface area contributed by atoms with Gasteiger partial charge in [-0.2, -0.15) is 0 Å². The van der Waals surface area contributed by atoms with Crippen molar-refractivity contribution in [2.75, 3.05) is 38.1 Å². The smallest absolute Gasteiger partial charge is 0.255 e. The molecule has 0 atom stereocenters. The summed E-state index contributed by atoms with van der Waals surface area (Å²) in [6.45, 7) is 3.59. The quantitative estimate of drug-likeness (QED) is 0.774. The molecule has 22 heavy (non-hydrogen) atoms. The van der Waals surface area contributed by atoms with Gasteiger partial charge in [-0.15, -0.1) is 24.8 Å². The van der Waals surface area contributed by atoms with Gasteiger partial charge in [0.25, 0.3) is 5.91 Å². The van der Waals surface area contributed by atoms with Crippen LogP contribution in [0.4, 0.5) is 5.82 Å². The molecule has 0 unspecified atom stereocenters. The molecule has 0 bridgehead atoms. The normalized spacial score (nSPS) is 13.8. The predicted octanol–water partition coefficient (Wildman–Crippen LogP) is 2.25. The van der Waals surface area contributed by atoms with Crippen molar-refractivity contribution in [3.05, 3.63) is 23.9 Å². The SMILES string of the molecule is CNCCCNC(=O)c1cccnc1N1CCCCC1.Cl.Cl. The number of hydrogen-bond donors (Lipinski definition) is 2. The van der Waals surface area contributed by atoms with E-state index in [0.717, 1.165) is 31.9 Å². The van der Waals surface area contributed by atoms with Crippen LogP contribution < -0.4 is 15.5 Å². The molecule has 5 nitrogen and oxygen atoms in total. The van der Waals surface area contributed by atoms with Gasteiger partial charge >= 0.3 is 0 Å². The number of nitrogens with one attached hydrogen (secondary N) is 2. The van der Waals surface area contributed by atoms with E-state index >= 15 is 0 Å². The van der Waals surface area contributed by atoms with Crippen molar-refractivity contribution >= 4 is 36.5 Å². The summed E-state index contributed by atoms with van der Waals surface area (Å²) >= 11 is 0. The van der Waals surface area contributed by atoms with Gasteiger partial charge in [0.05, 0.1) is 5.56 Å². The lowest BCUT2D eigenvalue weighted by Crippen LogP contribution is -2.34. The van der Waals surface area contributed by atoms with Crippen molar-refractivity contribution in [1.82, 2.24) is 15.6 Å². The average Bonchev–Trinajstić information content (AvgIpc) is 2.52. The molecule has 1 saturated heterocycles. The molecule has 2 heterocycles. The Labute approximate surface area is 145 Å². The molecule has 0 aromatic carbocycles. The van der Waals surface area contributed by atoms with E-state index in [0.29, 0.717) is 12.1 Å². The van der Waals surface area contributed by atoms with Crippen LogP contribution >= 0.6 is 24.8 Å². The Balaban J connectivity index is 0.00000220. The van der Waals surface area contributed by atoms with Crippen LogP contribution in [0.5, 0.6) is 0 Å². The summed E-state index contributed by atoms with van der Waals surface area (Å²) in [5, 5.41) is 6.04. The number of hydrogen-bond acceptors (Lipinski definition) is 4.